The molecule has 0 aromatic heterocycles. The molecule has 21 heavy (non-hydrogen) atoms. The highest BCUT2D eigenvalue weighted by Gasteiger charge is 2.22. The second-order valence-electron chi connectivity index (χ2n) is 5.60. The van der Waals surface area contributed by atoms with Crippen LogP contribution in [0.15, 0.2) is 0 Å². The van der Waals surface area contributed by atoms with Gasteiger partial charge in [-0.05, 0) is 12.8 Å². The maximum Gasteiger partial charge on any atom is 0.305 e. The summed E-state index contributed by atoms with van der Waals surface area (Å²) < 4.78 is 10.3. The lowest BCUT2D eigenvalue weighted by Gasteiger charge is -2.23. The van der Waals surface area contributed by atoms with Gasteiger partial charge in [-0.25, -0.2) is 0 Å². The van der Waals surface area contributed by atoms with Gasteiger partial charge in [0, 0.05) is 31.1 Å². The van der Waals surface area contributed by atoms with E-state index in [4.69, 9.17) is 22.3 Å². The quantitative estimate of drug-likeness (QED) is 0.353. The van der Waals surface area contributed by atoms with Crippen molar-refractivity contribution in [2.24, 2.45) is 5.41 Å². The van der Waals surface area contributed by atoms with E-state index in [0.29, 0.717) is 38.5 Å². The highest BCUT2D eigenvalue weighted by Crippen LogP contribution is 2.17. The molecule has 0 saturated carbocycles. The molecule has 0 aromatic rings. The van der Waals surface area contributed by atoms with Crippen LogP contribution in [-0.4, -0.2) is 25.2 Å². The average molecular weight is 292 g/mol. The van der Waals surface area contributed by atoms with Gasteiger partial charge in [0.2, 0.25) is 0 Å². The second-order valence-corrected chi connectivity index (χ2v) is 5.60. The fourth-order valence-electron chi connectivity index (χ4n) is 1.41. The van der Waals surface area contributed by atoms with Gasteiger partial charge in [0.25, 0.3) is 0 Å². The van der Waals surface area contributed by atoms with Crippen molar-refractivity contribution in [1.29, 1.82) is 0 Å². The summed E-state index contributed by atoms with van der Waals surface area (Å²) >= 11 is 0. The van der Waals surface area contributed by atoms with Crippen molar-refractivity contribution in [3.8, 4) is 24.7 Å². The van der Waals surface area contributed by atoms with E-state index in [1.54, 1.807) is 0 Å². The summed E-state index contributed by atoms with van der Waals surface area (Å²) in [6, 6.07) is 0. The third-order valence-electron chi connectivity index (χ3n) is 2.65. The fraction of sp³-hybridized carbons (Fsp3) is 0.647. The lowest BCUT2D eigenvalue weighted by atomic mass is 9.96. The van der Waals surface area contributed by atoms with Gasteiger partial charge in [0.1, 0.15) is 0 Å². The van der Waals surface area contributed by atoms with E-state index in [-0.39, 0.29) is 25.2 Å². The van der Waals surface area contributed by atoms with Crippen molar-refractivity contribution >= 4 is 11.9 Å². The third-order valence-corrected chi connectivity index (χ3v) is 2.65. The minimum absolute atomic E-state index is 0.208. The molecule has 0 unspecified atom stereocenters. The Labute approximate surface area is 127 Å². The van der Waals surface area contributed by atoms with E-state index < -0.39 is 5.41 Å². The zero-order valence-corrected chi connectivity index (χ0v) is 12.9. The van der Waals surface area contributed by atoms with Crippen LogP contribution in [0.2, 0.25) is 0 Å². The predicted octanol–water partition coefficient (Wildman–Crippen LogP) is 2.71. The molecular weight excluding hydrogens is 268 g/mol. The minimum atomic E-state index is -0.413. The highest BCUT2D eigenvalue weighted by atomic mass is 16.5. The number of hydrogen-bond donors (Lipinski definition) is 0. The monoisotopic (exact) mass is 292 g/mol. The Morgan fingerprint density at radius 2 is 1.29 bits per heavy atom. The van der Waals surface area contributed by atoms with Crippen LogP contribution in [0, 0.1) is 30.1 Å². The summed E-state index contributed by atoms with van der Waals surface area (Å²) in [5.41, 5.74) is -0.413. The first-order valence-corrected chi connectivity index (χ1v) is 7.09. The Bertz CT molecular complexity index is 371. The van der Waals surface area contributed by atoms with E-state index in [1.807, 2.05) is 13.8 Å². The van der Waals surface area contributed by atoms with E-state index >= 15 is 0 Å². The largest absolute Gasteiger partial charge is 0.465 e. The van der Waals surface area contributed by atoms with Gasteiger partial charge in [0.15, 0.2) is 0 Å². The molecule has 0 heterocycles. The van der Waals surface area contributed by atoms with Gasteiger partial charge < -0.3 is 9.47 Å². The van der Waals surface area contributed by atoms with Crippen molar-refractivity contribution in [3.63, 3.8) is 0 Å². The molecule has 4 nitrogen and oxygen atoms in total. The number of unbranched alkanes of at least 4 members (excludes halogenated alkanes) is 2. The Morgan fingerprint density at radius 1 is 0.905 bits per heavy atom. The summed E-state index contributed by atoms with van der Waals surface area (Å²) in [5, 5.41) is 0. The molecule has 0 bridgehead atoms. The Balaban J connectivity index is 3.87. The summed E-state index contributed by atoms with van der Waals surface area (Å²) in [5.74, 6) is 4.39. The number of terminal acetylenes is 2. The SMILES string of the molecule is C#CCCCC(=O)OCC(C)(C)COC(=O)CCCC#C. The molecule has 4 heteroatoms. The van der Waals surface area contributed by atoms with Crippen LogP contribution in [0.1, 0.15) is 52.4 Å². The first-order valence-electron chi connectivity index (χ1n) is 7.09. The standard InChI is InChI=1S/C17H24O4/c1-5-7-9-11-15(18)20-13-17(3,4)14-21-16(19)12-10-8-6-2/h1-2H,7-14H2,3-4H3. The molecule has 0 spiro atoms. The molecule has 0 aromatic carbocycles. The van der Waals surface area contributed by atoms with Gasteiger partial charge >= 0.3 is 11.9 Å². The van der Waals surface area contributed by atoms with Crippen molar-refractivity contribution in [1.82, 2.24) is 0 Å². The maximum atomic E-state index is 11.5. The predicted molar refractivity (Wildman–Crippen MR) is 81.1 cm³/mol. The van der Waals surface area contributed by atoms with Crippen molar-refractivity contribution in [3.05, 3.63) is 0 Å². The Morgan fingerprint density at radius 3 is 1.62 bits per heavy atom. The summed E-state index contributed by atoms with van der Waals surface area (Å²) in [6.07, 6.45) is 13.2. The zero-order chi connectivity index (χ0) is 16.1. The molecule has 0 atom stereocenters. The van der Waals surface area contributed by atoms with Gasteiger partial charge in [-0.15, -0.1) is 24.7 Å². The molecule has 0 amide bonds. The van der Waals surface area contributed by atoms with Crippen LogP contribution in [0.5, 0.6) is 0 Å². The molecule has 0 saturated heterocycles. The first-order chi connectivity index (χ1) is 9.91. The maximum absolute atomic E-state index is 11.5. The van der Waals surface area contributed by atoms with Gasteiger partial charge in [0.05, 0.1) is 13.2 Å². The molecule has 0 aliphatic rings. The summed E-state index contributed by atoms with van der Waals surface area (Å²) in [7, 11) is 0. The first kappa shape index (κ1) is 19.1. The zero-order valence-electron chi connectivity index (χ0n) is 12.9. The number of carbonyl (C=O) groups is 2. The van der Waals surface area contributed by atoms with Crippen LogP contribution in [0.25, 0.3) is 0 Å². The molecule has 116 valence electrons. The van der Waals surface area contributed by atoms with Gasteiger partial charge in [-0.3, -0.25) is 9.59 Å². The number of hydrogen-bond acceptors (Lipinski definition) is 4. The van der Waals surface area contributed by atoms with Crippen LogP contribution >= 0.6 is 0 Å². The average Bonchev–Trinajstić information content (AvgIpc) is 2.44. The van der Waals surface area contributed by atoms with E-state index in [9.17, 15) is 9.59 Å². The number of ether oxygens (including phenoxy) is 2. The smallest absolute Gasteiger partial charge is 0.305 e. The molecule has 0 rings (SSSR count). The van der Waals surface area contributed by atoms with E-state index in [2.05, 4.69) is 11.8 Å². The van der Waals surface area contributed by atoms with Gasteiger partial charge in [-0.1, -0.05) is 13.8 Å². The summed E-state index contributed by atoms with van der Waals surface area (Å²) in [6.45, 7) is 4.16. The van der Waals surface area contributed by atoms with Crippen LogP contribution in [-0.2, 0) is 19.1 Å². The summed E-state index contributed by atoms with van der Waals surface area (Å²) in [4.78, 5) is 22.9. The van der Waals surface area contributed by atoms with Crippen LogP contribution < -0.4 is 0 Å². The topological polar surface area (TPSA) is 52.6 Å². The third kappa shape index (κ3) is 11.6. The lowest BCUT2D eigenvalue weighted by molar-refractivity contribution is -0.152. The Kier molecular flexibility index (Phi) is 9.80. The Hall–Kier alpha value is -1.94. The minimum Gasteiger partial charge on any atom is -0.465 e. The number of rotatable bonds is 10. The normalized spacial score (nSPS) is 10.3. The number of esters is 2. The molecule has 0 aliphatic heterocycles. The van der Waals surface area contributed by atoms with Crippen LogP contribution in [0.3, 0.4) is 0 Å². The highest BCUT2D eigenvalue weighted by molar-refractivity contribution is 5.69. The lowest BCUT2D eigenvalue weighted by Crippen LogP contribution is -2.28. The molecule has 0 N–H and O–H groups in total. The van der Waals surface area contributed by atoms with Crippen LogP contribution in [0.4, 0.5) is 0 Å². The molecular formula is C17H24O4. The number of carbonyl (C=O) groups excluding carboxylic acids is 2. The van der Waals surface area contributed by atoms with Crippen molar-refractivity contribution in [2.75, 3.05) is 13.2 Å². The van der Waals surface area contributed by atoms with Gasteiger partial charge in [-0.2, -0.15) is 0 Å². The second kappa shape index (κ2) is 10.8. The van der Waals surface area contributed by atoms with E-state index in [0.717, 1.165) is 0 Å². The fourth-order valence-corrected chi connectivity index (χ4v) is 1.41. The molecule has 0 aliphatic carbocycles. The van der Waals surface area contributed by atoms with Crippen molar-refractivity contribution in [2.45, 2.75) is 52.4 Å². The van der Waals surface area contributed by atoms with E-state index in [1.165, 1.54) is 0 Å². The van der Waals surface area contributed by atoms with Crippen molar-refractivity contribution < 1.29 is 19.1 Å². The molecule has 0 radical (unpaired) electrons. The molecule has 0 fully saturated rings.